The smallest absolute Gasteiger partial charge is 0.314 e. The van der Waals surface area contributed by atoms with Crippen LogP contribution in [0, 0.1) is 5.92 Å². The minimum atomic E-state index is -4.00. The molecule has 1 unspecified atom stereocenters. The van der Waals surface area contributed by atoms with Crippen molar-refractivity contribution in [1.82, 2.24) is 5.32 Å². The number of nitrogens with one attached hydrogen (secondary N) is 1. The zero-order chi connectivity index (χ0) is 12.7. The molecular formula is C13H24F3N. The maximum absolute atomic E-state index is 12.1. The molecule has 1 nitrogen and oxygen atoms in total. The molecule has 4 heteroatoms. The van der Waals surface area contributed by atoms with Crippen molar-refractivity contribution in [3.05, 3.63) is 0 Å². The van der Waals surface area contributed by atoms with Gasteiger partial charge in [-0.15, -0.1) is 0 Å². The fraction of sp³-hybridized carbons (Fsp3) is 1.00. The topological polar surface area (TPSA) is 12.0 Å². The number of alkyl halides is 3. The Morgan fingerprint density at radius 1 is 1.24 bits per heavy atom. The molecule has 1 fully saturated rings. The van der Waals surface area contributed by atoms with Gasteiger partial charge in [-0.3, -0.25) is 0 Å². The fourth-order valence-electron chi connectivity index (χ4n) is 2.79. The maximum Gasteiger partial charge on any atom is 0.389 e. The molecule has 1 rings (SSSR count). The number of hydrogen-bond donors (Lipinski definition) is 1. The summed E-state index contributed by atoms with van der Waals surface area (Å²) < 4.78 is 36.2. The van der Waals surface area contributed by atoms with E-state index in [4.69, 9.17) is 0 Å². The van der Waals surface area contributed by atoms with Crippen molar-refractivity contribution in [2.24, 2.45) is 5.92 Å². The summed E-state index contributed by atoms with van der Waals surface area (Å²) >= 11 is 0. The maximum atomic E-state index is 12.1. The Balaban J connectivity index is 2.22. The van der Waals surface area contributed by atoms with E-state index in [2.05, 4.69) is 5.32 Å². The number of rotatable bonds is 7. The summed E-state index contributed by atoms with van der Waals surface area (Å²) in [7, 11) is 0. The van der Waals surface area contributed by atoms with E-state index in [1.54, 1.807) is 0 Å². The molecule has 0 aromatic carbocycles. The second-order valence-electron chi connectivity index (χ2n) is 5.15. The van der Waals surface area contributed by atoms with Crippen LogP contribution in [0.3, 0.4) is 0 Å². The van der Waals surface area contributed by atoms with Crippen LogP contribution in [-0.2, 0) is 0 Å². The Labute approximate surface area is 102 Å². The van der Waals surface area contributed by atoms with Gasteiger partial charge in [-0.2, -0.15) is 13.2 Å². The summed E-state index contributed by atoms with van der Waals surface area (Å²) in [5.74, 6) is 0.741. The van der Waals surface area contributed by atoms with Crippen molar-refractivity contribution in [2.45, 2.75) is 70.5 Å². The monoisotopic (exact) mass is 251 g/mol. The number of hydrogen-bond acceptors (Lipinski definition) is 1. The lowest BCUT2D eigenvalue weighted by Gasteiger charge is -2.21. The molecule has 0 heterocycles. The van der Waals surface area contributed by atoms with Crippen LogP contribution in [0.4, 0.5) is 13.2 Å². The van der Waals surface area contributed by atoms with Crippen molar-refractivity contribution >= 4 is 0 Å². The van der Waals surface area contributed by atoms with Crippen molar-refractivity contribution in [3.63, 3.8) is 0 Å². The second-order valence-corrected chi connectivity index (χ2v) is 5.15. The van der Waals surface area contributed by atoms with Crippen molar-refractivity contribution < 1.29 is 13.2 Å². The molecule has 0 bridgehead atoms. The predicted octanol–water partition coefficient (Wildman–Crippen LogP) is 4.28. The van der Waals surface area contributed by atoms with Crippen LogP contribution in [-0.4, -0.2) is 18.8 Å². The Kier molecular flexibility index (Phi) is 6.31. The summed E-state index contributed by atoms with van der Waals surface area (Å²) in [6.45, 7) is 2.87. The third-order valence-electron chi connectivity index (χ3n) is 3.60. The Morgan fingerprint density at radius 3 is 2.41 bits per heavy atom. The van der Waals surface area contributed by atoms with Gasteiger partial charge in [-0.1, -0.05) is 32.6 Å². The van der Waals surface area contributed by atoms with E-state index in [-0.39, 0.29) is 12.5 Å². The van der Waals surface area contributed by atoms with Crippen LogP contribution < -0.4 is 5.32 Å². The lowest BCUT2D eigenvalue weighted by Crippen LogP contribution is -2.31. The molecule has 0 aromatic heterocycles. The quantitative estimate of drug-likeness (QED) is 0.712. The van der Waals surface area contributed by atoms with Gasteiger partial charge in [0.05, 0.1) is 0 Å². The van der Waals surface area contributed by atoms with E-state index in [0.29, 0.717) is 6.42 Å². The van der Waals surface area contributed by atoms with E-state index in [0.717, 1.165) is 18.9 Å². The highest BCUT2D eigenvalue weighted by Crippen LogP contribution is 2.30. The zero-order valence-electron chi connectivity index (χ0n) is 10.7. The Hall–Kier alpha value is -0.250. The molecule has 0 amide bonds. The van der Waals surface area contributed by atoms with Crippen LogP contribution in [0.25, 0.3) is 0 Å². The van der Waals surface area contributed by atoms with Crippen molar-refractivity contribution in [1.29, 1.82) is 0 Å². The molecule has 0 aromatic rings. The van der Waals surface area contributed by atoms with Crippen LogP contribution in [0.2, 0.25) is 0 Å². The number of halogens is 3. The average molecular weight is 251 g/mol. The molecule has 0 aliphatic heterocycles. The molecule has 0 radical (unpaired) electrons. The molecule has 1 N–H and O–H groups in total. The first kappa shape index (κ1) is 14.8. The SMILES string of the molecule is CCNC(CCCC(F)(F)F)CC1CCCC1. The molecule has 1 aliphatic rings. The summed E-state index contributed by atoms with van der Waals surface area (Å²) in [5, 5.41) is 3.33. The van der Waals surface area contributed by atoms with E-state index in [9.17, 15) is 13.2 Å². The first-order chi connectivity index (χ1) is 8.01. The molecule has 1 atom stereocenters. The zero-order valence-corrected chi connectivity index (χ0v) is 10.7. The van der Waals surface area contributed by atoms with Gasteiger partial charge in [-0.05, 0) is 31.7 Å². The summed E-state index contributed by atoms with van der Waals surface area (Å²) in [5.41, 5.74) is 0. The van der Waals surface area contributed by atoms with Gasteiger partial charge in [0.25, 0.3) is 0 Å². The van der Waals surface area contributed by atoms with Gasteiger partial charge in [0, 0.05) is 12.5 Å². The first-order valence-electron chi connectivity index (χ1n) is 6.81. The lowest BCUT2D eigenvalue weighted by atomic mass is 9.95. The van der Waals surface area contributed by atoms with Gasteiger partial charge in [0.2, 0.25) is 0 Å². The lowest BCUT2D eigenvalue weighted by molar-refractivity contribution is -0.135. The van der Waals surface area contributed by atoms with Gasteiger partial charge in [-0.25, -0.2) is 0 Å². The van der Waals surface area contributed by atoms with Crippen molar-refractivity contribution in [2.75, 3.05) is 6.54 Å². The van der Waals surface area contributed by atoms with E-state index in [1.165, 1.54) is 25.7 Å². The van der Waals surface area contributed by atoms with Gasteiger partial charge >= 0.3 is 6.18 Å². The molecule has 102 valence electrons. The highest BCUT2D eigenvalue weighted by atomic mass is 19.4. The summed E-state index contributed by atoms with van der Waals surface area (Å²) in [6, 6.07) is 0.283. The van der Waals surface area contributed by atoms with Gasteiger partial charge < -0.3 is 5.32 Å². The van der Waals surface area contributed by atoms with E-state index in [1.807, 2.05) is 6.92 Å². The molecule has 17 heavy (non-hydrogen) atoms. The van der Waals surface area contributed by atoms with E-state index >= 15 is 0 Å². The minimum absolute atomic E-state index is 0.258. The largest absolute Gasteiger partial charge is 0.389 e. The van der Waals surface area contributed by atoms with Gasteiger partial charge in [0.15, 0.2) is 0 Å². The average Bonchev–Trinajstić information content (AvgIpc) is 2.68. The normalized spacial score (nSPS) is 19.8. The third kappa shape index (κ3) is 6.92. The molecular weight excluding hydrogens is 227 g/mol. The third-order valence-corrected chi connectivity index (χ3v) is 3.60. The van der Waals surface area contributed by atoms with Crippen LogP contribution in [0.5, 0.6) is 0 Å². The minimum Gasteiger partial charge on any atom is -0.314 e. The second kappa shape index (κ2) is 7.24. The molecule has 1 aliphatic carbocycles. The molecule has 1 saturated carbocycles. The molecule has 0 saturated heterocycles. The highest BCUT2D eigenvalue weighted by Gasteiger charge is 2.27. The molecule has 0 spiro atoms. The van der Waals surface area contributed by atoms with Gasteiger partial charge in [0.1, 0.15) is 0 Å². The summed E-state index contributed by atoms with van der Waals surface area (Å²) in [4.78, 5) is 0. The van der Waals surface area contributed by atoms with Crippen molar-refractivity contribution in [3.8, 4) is 0 Å². The first-order valence-corrected chi connectivity index (χ1v) is 6.81. The standard InChI is InChI=1S/C13H24F3N/c1-2-17-12(8-5-9-13(14,15)16)10-11-6-3-4-7-11/h11-12,17H,2-10H2,1H3. The predicted molar refractivity (Wildman–Crippen MR) is 63.9 cm³/mol. The summed E-state index contributed by atoms with van der Waals surface area (Å²) in [6.07, 6.45) is 2.47. The van der Waals surface area contributed by atoms with E-state index < -0.39 is 12.6 Å². The Bertz CT molecular complexity index is 197. The van der Waals surface area contributed by atoms with Crippen LogP contribution in [0.15, 0.2) is 0 Å². The Morgan fingerprint density at radius 2 is 1.88 bits per heavy atom. The van der Waals surface area contributed by atoms with Crippen LogP contribution in [0.1, 0.15) is 58.3 Å². The highest BCUT2D eigenvalue weighted by molar-refractivity contribution is 4.75. The fourth-order valence-corrected chi connectivity index (χ4v) is 2.79. The van der Waals surface area contributed by atoms with Crippen LogP contribution >= 0.6 is 0 Å².